The van der Waals surface area contributed by atoms with Crippen LogP contribution in [0.1, 0.15) is 26.3 Å². The third-order valence-electron chi connectivity index (χ3n) is 2.90. The van der Waals surface area contributed by atoms with Gasteiger partial charge >= 0.3 is 0 Å². The predicted molar refractivity (Wildman–Crippen MR) is 84.2 cm³/mol. The van der Waals surface area contributed by atoms with Crippen LogP contribution in [0.5, 0.6) is 11.5 Å². The number of likely N-dealkylation sites (N-methyl/N-ethyl adjacent to an activating group) is 1. The van der Waals surface area contributed by atoms with Crippen molar-refractivity contribution in [2.24, 2.45) is 0 Å². The van der Waals surface area contributed by atoms with E-state index in [0.29, 0.717) is 29.6 Å². The lowest BCUT2D eigenvalue weighted by molar-refractivity contribution is -0.127. The number of ether oxygens (including phenoxy) is 2. The predicted octanol–water partition coefficient (Wildman–Crippen LogP) is 2.36. The van der Waals surface area contributed by atoms with Crippen LogP contribution >= 0.6 is 11.6 Å². The highest BCUT2D eigenvalue weighted by Gasteiger charge is 2.19. The van der Waals surface area contributed by atoms with E-state index >= 15 is 0 Å². The zero-order valence-electron chi connectivity index (χ0n) is 13.0. The number of halogens is 1. The molecule has 0 spiro atoms. The number of rotatable bonds is 8. The Morgan fingerprint density at radius 1 is 1.33 bits per heavy atom. The van der Waals surface area contributed by atoms with Crippen LogP contribution in [0, 0.1) is 0 Å². The summed E-state index contributed by atoms with van der Waals surface area (Å²) in [5.41, 5.74) is 0.859. The molecule has 1 amide bonds. The fraction of sp³-hybridized carbons (Fsp3) is 0.533. The quantitative estimate of drug-likeness (QED) is 0.773. The van der Waals surface area contributed by atoms with Gasteiger partial charge in [0.1, 0.15) is 0 Å². The summed E-state index contributed by atoms with van der Waals surface area (Å²) in [6.45, 7) is 7.55. The van der Waals surface area contributed by atoms with Crippen LogP contribution in [-0.2, 0) is 11.3 Å². The van der Waals surface area contributed by atoms with Crippen molar-refractivity contribution in [2.75, 3.05) is 20.2 Å². The maximum atomic E-state index is 11.8. The van der Waals surface area contributed by atoms with Gasteiger partial charge in [-0.25, -0.2) is 0 Å². The molecule has 0 aromatic heterocycles. The minimum absolute atomic E-state index is 0.163. The van der Waals surface area contributed by atoms with E-state index in [1.54, 1.807) is 20.1 Å². The van der Waals surface area contributed by atoms with Crippen molar-refractivity contribution >= 4 is 17.5 Å². The molecule has 118 valence electrons. The minimum atomic E-state index is -0.611. The lowest BCUT2D eigenvalue weighted by Crippen LogP contribution is -2.36. The number of hydrogen-bond donors (Lipinski definition) is 2. The van der Waals surface area contributed by atoms with Gasteiger partial charge in [-0.1, -0.05) is 18.5 Å². The normalized spacial score (nSPS) is 11.9. The average Bonchev–Trinajstić information content (AvgIpc) is 2.46. The van der Waals surface area contributed by atoms with Gasteiger partial charge in [0.25, 0.3) is 5.91 Å². The Balaban J connectivity index is 3.03. The van der Waals surface area contributed by atoms with Gasteiger partial charge < -0.3 is 20.1 Å². The molecule has 1 aromatic carbocycles. The van der Waals surface area contributed by atoms with E-state index in [1.807, 2.05) is 19.9 Å². The summed E-state index contributed by atoms with van der Waals surface area (Å²) in [6, 6.07) is 3.49. The van der Waals surface area contributed by atoms with Crippen LogP contribution < -0.4 is 20.1 Å². The van der Waals surface area contributed by atoms with Gasteiger partial charge in [0.15, 0.2) is 17.6 Å². The molecule has 2 N–H and O–H groups in total. The summed E-state index contributed by atoms with van der Waals surface area (Å²) in [6.07, 6.45) is -0.611. The molecular weight excluding hydrogens is 292 g/mol. The molecule has 6 heteroatoms. The SMILES string of the molecule is CCNCc1cc(Cl)cc(OC)c1OC(C)C(=O)NCC. The monoisotopic (exact) mass is 314 g/mol. The zero-order chi connectivity index (χ0) is 15.8. The molecular formula is C15H23ClN2O3. The van der Waals surface area contributed by atoms with E-state index in [-0.39, 0.29) is 5.91 Å². The van der Waals surface area contributed by atoms with Crippen LogP contribution in [0.15, 0.2) is 12.1 Å². The standard InChI is InChI=1S/C15H23ClN2O3/c1-5-17-9-11-7-12(16)8-13(20-4)14(11)21-10(3)15(19)18-6-2/h7-8,10,17H,5-6,9H2,1-4H3,(H,18,19). The van der Waals surface area contributed by atoms with E-state index in [9.17, 15) is 4.79 Å². The molecule has 1 unspecified atom stereocenters. The topological polar surface area (TPSA) is 59.6 Å². The molecule has 0 radical (unpaired) electrons. The first-order chi connectivity index (χ1) is 10.0. The van der Waals surface area contributed by atoms with Crippen LogP contribution in [0.25, 0.3) is 0 Å². The van der Waals surface area contributed by atoms with Gasteiger partial charge in [-0.05, 0) is 26.5 Å². The molecule has 0 fully saturated rings. The van der Waals surface area contributed by atoms with Gasteiger partial charge in [0, 0.05) is 29.7 Å². The number of nitrogens with one attached hydrogen (secondary N) is 2. The third-order valence-corrected chi connectivity index (χ3v) is 3.11. The van der Waals surface area contributed by atoms with E-state index in [2.05, 4.69) is 10.6 Å². The molecule has 21 heavy (non-hydrogen) atoms. The highest BCUT2D eigenvalue weighted by Crippen LogP contribution is 2.35. The van der Waals surface area contributed by atoms with E-state index in [1.165, 1.54) is 0 Å². The molecule has 0 saturated heterocycles. The number of methoxy groups -OCH3 is 1. The van der Waals surface area contributed by atoms with Gasteiger partial charge in [0.2, 0.25) is 0 Å². The van der Waals surface area contributed by atoms with Crippen molar-refractivity contribution in [1.29, 1.82) is 0 Å². The summed E-state index contributed by atoms with van der Waals surface area (Å²) in [7, 11) is 1.55. The molecule has 0 bridgehead atoms. The van der Waals surface area contributed by atoms with Crippen molar-refractivity contribution in [3.63, 3.8) is 0 Å². The van der Waals surface area contributed by atoms with Crippen molar-refractivity contribution in [3.05, 3.63) is 22.7 Å². The smallest absolute Gasteiger partial charge is 0.260 e. The van der Waals surface area contributed by atoms with Crippen LogP contribution in [0.2, 0.25) is 5.02 Å². The molecule has 0 aliphatic rings. The summed E-state index contributed by atoms with van der Waals surface area (Å²) in [5.74, 6) is 0.900. The van der Waals surface area contributed by atoms with Gasteiger partial charge in [0.05, 0.1) is 7.11 Å². The highest BCUT2D eigenvalue weighted by atomic mass is 35.5. The van der Waals surface area contributed by atoms with Crippen LogP contribution in [0.4, 0.5) is 0 Å². The Morgan fingerprint density at radius 2 is 2.05 bits per heavy atom. The molecule has 1 aromatic rings. The highest BCUT2D eigenvalue weighted by molar-refractivity contribution is 6.30. The first-order valence-electron chi connectivity index (χ1n) is 7.04. The molecule has 1 atom stereocenters. The Kier molecular flexibility index (Phi) is 7.32. The molecule has 0 aliphatic carbocycles. The Bertz CT molecular complexity index is 480. The second-order valence-corrected chi connectivity index (χ2v) is 4.97. The Hall–Kier alpha value is -1.46. The van der Waals surface area contributed by atoms with Crippen molar-refractivity contribution < 1.29 is 14.3 Å². The fourth-order valence-corrected chi connectivity index (χ4v) is 2.08. The van der Waals surface area contributed by atoms with Crippen LogP contribution in [-0.4, -0.2) is 32.2 Å². The second kappa shape index (κ2) is 8.74. The number of hydrogen-bond acceptors (Lipinski definition) is 4. The first-order valence-corrected chi connectivity index (χ1v) is 7.42. The number of amides is 1. The molecule has 0 heterocycles. The maximum Gasteiger partial charge on any atom is 0.260 e. The van der Waals surface area contributed by atoms with Gasteiger partial charge in [-0.3, -0.25) is 4.79 Å². The summed E-state index contributed by atoms with van der Waals surface area (Å²) >= 11 is 6.09. The van der Waals surface area contributed by atoms with Crippen molar-refractivity contribution in [3.8, 4) is 11.5 Å². The van der Waals surface area contributed by atoms with E-state index in [0.717, 1.165) is 12.1 Å². The molecule has 0 aliphatic heterocycles. The molecule has 0 saturated carbocycles. The minimum Gasteiger partial charge on any atom is -0.493 e. The summed E-state index contributed by atoms with van der Waals surface area (Å²) in [4.78, 5) is 11.8. The van der Waals surface area contributed by atoms with E-state index in [4.69, 9.17) is 21.1 Å². The van der Waals surface area contributed by atoms with Crippen molar-refractivity contribution in [2.45, 2.75) is 33.4 Å². The Morgan fingerprint density at radius 3 is 2.62 bits per heavy atom. The van der Waals surface area contributed by atoms with E-state index < -0.39 is 6.10 Å². The molecule has 1 rings (SSSR count). The fourth-order valence-electron chi connectivity index (χ4n) is 1.85. The second-order valence-electron chi connectivity index (χ2n) is 4.53. The first kappa shape index (κ1) is 17.6. The van der Waals surface area contributed by atoms with Gasteiger partial charge in [-0.2, -0.15) is 0 Å². The average molecular weight is 315 g/mol. The zero-order valence-corrected chi connectivity index (χ0v) is 13.7. The largest absolute Gasteiger partial charge is 0.493 e. The summed E-state index contributed by atoms with van der Waals surface area (Å²) in [5, 5.41) is 6.51. The third kappa shape index (κ3) is 5.10. The molecule has 5 nitrogen and oxygen atoms in total. The lowest BCUT2D eigenvalue weighted by atomic mass is 10.1. The Labute approximate surface area is 131 Å². The number of carbonyl (C=O) groups excluding carboxylic acids is 1. The van der Waals surface area contributed by atoms with Crippen molar-refractivity contribution in [1.82, 2.24) is 10.6 Å². The summed E-state index contributed by atoms with van der Waals surface area (Å²) < 4.78 is 11.1. The lowest BCUT2D eigenvalue weighted by Gasteiger charge is -2.20. The maximum absolute atomic E-state index is 11.8. The van der Waals surface area contributed by atoms with Crippen LogP contribution in [0.3, 0.4) is 0 Å². The van der Waals surface area contributed by atoms with Gasteiger partial charge in [-0.15, -0.1) is 0 Å². The number of carbonyl (C=O) groups is 1. The number of benzene rings is 1.